The van der Waals surface area contributed by atoms with E-state index in [4.69, 9.17) is 0 Å². The predicted octanol–water partition coefficient (Wildman–Crippen LogP) is 4.49. The van der Waals surface area contributed by atoms with Crippen molar-refractivity contribution in [1.29, 1.82) is 0 Å². The summed E-state index contributed by atoms with van der Waals surface area (Å²) in [6.07, 6.45) is 0. The molecule has 1 heterocycles. The number of carbonyl (C=O) groups is 1. The van der Waals surface area contributed by atoms with E-state index < -0.39 is 9.84 Å². The number of amides is 2. The molecule has 0 saturated carbocycles. The number of hydrogen-bond acceptors (Lipinski definition) is 4. The largest absolute Gasteiger partial charge is 0.331 e. The summed E-state index contributed by atoms with van der Waals surface area (Å²) < 4.78 is 25.8. The maximum absolute atomic E-state index is 12.9. The molecule has 1 aliphatic rings. The number of benzene rings is 3. The number of sulfone groups is 1. The first-order chi connectivity index (χ1) is 15.3. The minimum atomic E-state index is -3.49. The number of anilines is 1. The fourth-order valence-electron chi connectivity index (χ4n) is 3.95. The molecule has 0 unspecified atom stereocenters. The lowest BCUT2D eigenvalue weighted by atomic mass is 10.1. The van der Waals surface area contributed by atoms with E-state index in [1.807, 2.05) is 55.5 Å². The van der Waals surface area contributed by atoms with Crippen LogP contribution in [0, 0.1) is 0 Å². The molecule has 0 spiro atoms. The van der Waals surface area contributed by atoms with Crippen LogP contribution in [0.1, 0.15) is 35.2 Å². The maximum atomic E-state index is 12.9. The molecule has 1 atom stereocenters. The zero-order chi connectivity index (χ0) is 22.7. The molecule has 2 N–H and O–H groups in total. The summed E-state index contributed by atoms with van der Waals surface area (Å²) in [5.41, 5.74) is 4.76. The molecule has 1 aliphatic heterocycles. The first-order valence-corrected chi connectivity index (χ1v) is 12.2. The van der Waals surface area contributed by atoms with Crippen molar-refractivity contribution >= 4 is 21.6 Å². The van der Waals surface area contributed by atoms with Crippen molar-refractivity contribution in [2.45, 2.75) is 36.7 Å². The summed E-state index contributed by atoms with van der Waals surface area (Å²) in [6, 6.07) is 21.4. The highest BCUT2D eigenvalue weighted by Gasteiger charge is 2.19. The molecule has 7 heteroatoms. The average Bonchev–Trinajstić information content (AvgIpc) is 3.13. The van der Waals surface area contributed by atoms with Crippen LogP contribution in [0.3, 0.4) is 0 Å². The van der Waals surface area contributed by atoms with Gasteiger partial charge < -0.3 is 10.6 Å². The van der Waals surface area contributed by atoms with Gasteiger partial charge in [-0.2, -0.15) is 0 Å². The molecular weight excluding hydrogens is 422 g/mol. The second-order valence-corrected chi connectivity index (χ2v) is 10.3. The van der Waals surface area contributed by atoms with Crippen LogP contribution in [0.15, 0.2) is 77.7 Å². The van der Waals surface area contributed by atoms with Crippen molar-refractivity contribution in [1.82, 2.24) is 10.2 Å². The number of rotatable bonds is 6. The molecule has 6 nitrogen and oxygen atoms in total. The molecule has 0 aromatic heterocycles. The van der Waals surface area contributed by atoms with Gasteiger partial charge in [0.1, 0.15) is 0 Å². The number of hydrogen-bond donors (Lipinski definition) is 2. The first kappa shape index (κ1) is 22.0. The van der Waals surface area contributed by atoms with E-state index in [0.717, 1.165) is 24.2 Å². The molecule has 32 heavy (non-hydrogen) atoms. The van der Waals surface area contributed by atoms with Crippen molar-refractivity contribution in [2.24, 2.45) is 0 Å². The zero-order valence-electron chi connectivity index (χ0n) is 18.2. The number of fused-ring (bicyclic) bond motifs is 1. The third-order valence-corrected chi connectivity index (χ3v) is 7.33. The summed E-state index contributed by atoms with van der Waals surface area (Å²) in [6.45, 7) is 3.64. The van der Waals surface area contributed by atoms with Crippen molar-refractivity contribution in [3.8, 4) is 0 Å². The van der Waals surface area contributed by atoms with Gasteiger partial charge in [-0.1, -0.05) is 48.5 Å². The van der Waals surface area contributed by atoms with Crippen molar-refractivity contribution in [2.75, 3.05) is 12.4 Å². The van der Waals surface area contributed by atoms with Crippen molar-refractivity contribution in [3.63, 3.8) is 0 Å². The Hall–Kier alpha value is -3.16. The van der Waals surface area contributed by atoms with Gasteiger partial charge >= 0.3 is 6.03 Å². The summed E-state index contributed by atoms with van der Waals surface area (Å²) in [5, 5.41) is 5.63. The van der Waals surface area contributed by atoms with Gasteiger partial charge in [0.2, 0.25) is 0 Å². The summed E-state index contributed by atoms with van der Waals surface area (Å²) in [7, 11) is -1.44. The summed E-state index contributed by atoms with van der Waals surface area (Å²) in [4.78, 5) is 14.7. The van der Waals surface area contributed by atoms with Gasteiger partial charge in [0.25, 0.3) is 0 Å². The quantitative estimate of drug-likeness (QED) is 0.581. The molecule has 3 aromatic rings. The van der Waals surface area contributed by atoms with Crippen LogP contribution in [0.4, 0.5) is 10.5 Å². The monoisotopic (exact) mass is 449 g/mol. The van der Waals surface area contributed by atoms with Crippen molar-refractivity contribution < 1.29 is 13.2 Å². The van der Waals surface area contributed by atoms with Crippen molar-refractivity contribution in [3.05, 3.63) is 95.1 Å². The Labute approximate surface area is 189 Å². The maximum Gasteiger partial charge on any atom is 0.319 e. The highest BCUT2D eigenvalue weighted by atomic mass is 32.2. The molecule has 0 saturated heterocycles. The van der Waals surface area contributed by atoms with E-state index in [1.54, 1.807) is 12.1 Å². The predicted molar refractivity (Wildman–Crippen MR) is 126 cm³/mol. The molecule has 0 bridgehead atoms. The number of nitrogens with one attached hydrogen (secondary N) is 2. The lowest BCUT2D eigenvalue weighted by molar-refractivity contribution is 0.249. The fraction of sp³-hybridized carbons (Fsp3) is 0.240. The fourth-order valence-corrected chi connectivity index (χ4v) is 5.28. The van der Waals surface area contributed by atoms with E-state index in [-0.39, 0.29) is 22.7 Å². The van der Waals surface area contributed by atoms with Crippen LogP contribution in [-0.4, -0.2) is 26.4 Å². The van der Waals surface area contributed by atoms with Gasteiger partial charge in [0.15, 0.2) is 9.84 Å². The Morgan fingerprint density at radius 3 is 2.38 bits per heavy atom. The zero-order valence-corrected chi connectivity index (χ0v) is 19.0. The normalized spacial score (nSPS) is 14.6. The van der Waals surface area contributed by atoms with E-state index in [1.165, 1.54) is 23.3 Å². The third kappa shape index (κ3) is 5.18. The average molecular weight is 450 g/mol. The van der Waals surface area contributed by atoms with Gasteiger partial charge in [0, 0.05) is 18.8 Å². The summed E-state index contributed by atoms with van der Waals surface area (Å²) >= 11 is 0. The Balaban J connectivity index is 1.38. The van der Waals surface area contributed by atoms with Gasteiger partial charge in [-0.05, 0) is 60.5 Å². The lowest BCUT2D eigenvalue weighted by Crippen LogP contribution is -2.31. The highest BCUT2D eigenvalue weighted by Crippen LogP contribution is 2.25. The SMILES string of the molecule is C[C@@H](NC(=O)Nc1ccc(S(=O)(=O)Cc2ccc3c(c2)CN(C)C3)cc1)c1ccccc1. The van der Waals surface area contributed by atoms with Crippen LogP contribution >= 0.6 is 0 Å². The molecule has 4 rings (SSSR count). The Morgan fingerprint density at radius 1 is 0.969 bits per heavy atom. The molecule has 0 fully saturated rings. The minimum Gasteiger partial charge on any atom is -0.331 e. The third-order valence-electron chi connectivity index (χ3n) is 5.63. The van der Waals surface area contributed by atoms with E-state index in [0.29, 0.717) is 5.69 Å². The van der Waals surface area contributed by atoms with Crippen LogP contribution < -0.4 is 10.6 Å². The lowest BCUT2D eigenvalue weighted by Gasteiger charge is -2.15. The number of urea groups is 1. The molecule has 2 amide bonds. The van der Waals surface area contributed by atoms with Gasteiger partial charge in [0.05, 0.1) is 16.7 Å². The van der Waals surface area contributed by atoms with Gasteiger partial charge in [-0.15, -0.1) is 0 Å². The van der Waals surface area contributed by atoms with E-state index >= 15 is 0 Å². The van der Waals surface area contributed by atoms with E-state index in [2.05, 4.69) is 22.6 Å². The molecule has 3 aromatic carbocycles. The van der Waals surface area contributed by atoms with Gasteiger partial charge in [-0.25, -0.2) is 13.2 Å². The smallest absolute Gasteiger partial charge is 0.319 e. The number of carbonyl (C=O) groups excluding carboxylic acids is 1. The highest BCUT2D eigenvalue weighted by molar-refractivity contribution is 7.90. The Bertz CT molecular complexity index is 1210. The Kier molecular flexibility index (Phi) is 6.30. The topological polar surface area (TPSA) is 78.5 Å². The minimum absolute atomic E-state index is 0.0498. The second kappa shape index (κ2) is 9.14. The van der Waals surface area contributed by atoms with E-state index in [9.17, 15) is 13.2 Å². The van der Waals surface area contributed by atoms with Crippen LogP contribution in [-0.2, 0) is 28.7 Å². The molecular formula is C25H27N3O3S. The van der Waals surface area contributed by atoms with Gasteiger partial charge in [-0.3, -0.25) is 4.90 Å². The molecule has 0 radical (unpaired) electrons. The number of nitrogens with zero attached hydrogens (tertiary/aromatic N) is 1. The summed E-state index contributed by atoms with van der Waals surface area (Å²) in [5.74, 6) is -0.0498. The molecule has 0 aliphatic carbocycles. The van der Waals surface area contributed by atoms with Crippen LogP contribution in [0.5, 0.6) is 0 Å². The first-order valence-electron chi connectivity index (χ1n) is 10.5. The van der Waals surface area contributed by atoms with Crippen LogP contribution in [0.2, 0.25) is 0 Å². The molecule has 166 valence electrons. The van der Waals surface area contributed by atoms with Crippen LogP contribution in [0.25, 0.3) is 0 Å². The standard InChI is InChI=1S/C25H27N3O3S/c1-18(20-6-4-3-5-7-20)26-25(29)27-23-10-12-24(13-11-23)32(30,31)17-19-8-9-21-15-28(2)16-22(21)14-19/h3-14,18H,15-17H2,1-2H3,(H2,26,27,29)/t18-/m1/s1. The second-order valence-electron chi connectivity index (χ2n) is 8.29. The Morgan fingerprint density at radius 2 is 1.66 bits per heavy atom.